The summed E-state index contributed by atoms with van der Waals surface area (Å²) < 4.78 is 15.5. The first kappa shape index (κ1) is 19.0. The number of H-pyrrole nitrogens is 1. The van der Waals surface area contributed by atoms with Crippen molar-refractivity contribution in [1.29, 1.82) is 0 Å². The summed E-state index contributed by atoms with van der Waals surface area (Å²) in [6, 6.07) is 12.1. The molecule has 2 aromatic heterocycles. The zero-order valence-corrected chi connectivity index (χ0v) is 17.2. The van der Waals surface area contributed by atoms with Gasteiger partial charge >= 0.3 is 0 Å². The molecule has 3 heterocycles. The summed E-state index contributed by atoms with van der Waals surface area (Å²) in [6.07, 6.45) is 4.56. The Hall–Kier alpha value is -2.99. The number of aryl methyl sites for hydroxylation is 1. The fraction of sp³-hybridized carbons (Fsp3) is 0.333. The summed E-state index contributed by atoms with van der Waals surface area (Å²) in [5, 5.41) is 6.90. The van der Waals surface area contributed by atoms with E-state index in [1.165, 1.54) is 11.1 Å². The molecule has 3 aromatic rings. The first-order valence-electron chi connectivity index (χ1n) is 10.4. The topological polar surface area (TPSA) is 70.8 Å². The van der Waals surface area contributed by atoms with Crippen molar-refractivity contribution in [2.24, 2.45) is 11.1 Å². The Morgan fingerprint density at radius 1 is 1.27 bits per heavy atom. The van der Waals surface area contributed by atoms with Crippen molar-refractivity contribution in [3.63, 3.8) is 0 Å². The number of hydrogen-bond donors (Lipinski definition) is 2. The SMILES string of the molecule is C=C(c1cc[nH]n1)c1cc(C)nc(N2CCC3(CC2)Cc2ccccc2[C@H]3N)c1F. The molecule has 0 bridgehead atoms. The third kappa shape index (κ3) is 2.94. The number of nitrogens with two attached hydrogens (primary N) is 1. The van der Waals surface area contributed by atoms with Gasteiger partial charge in [0.15, 0.2) is 11.6 Å². The number of piperidine rings is 1. The van der Waals surface area contributed by atoms with Crippen molar-refractivity contribution < 1.29 is 4.39 Å². The van der Waals surface area contributed by atoms with E-state index in [0.29, 0.717) is 22.6 Å². The van der Waals surface area contributed by atoms with Crippen LogP contribution in [0.15, 0.2) is 49.2 Å². The average molecular weight is 404 g/mol. The van der Waals surface area contributed by atoms with Gasteiger partial charge in [0.05, 0.1) is 5.69 Å². The van der Waals surface area contributed by atoms with Gasteiger partial charge in [-0.05, 0) is 54.9 Å². The molecule has 0 saturated carbocycles. The molecule has 1 spiro atoms. The standard InChI is InChI=1S/C24H26FN5/c1-15-13-19(16(2)20-7-10-27-29-20)21(25)23(28-15)30-11-8-24(9-12-30)14-17-5-3-4-6-18(17)22(24)26/h3-7,10,13,22H,2,8-9,11-12,14,26H2,1H3,(H,27,29)/t22-/m1/s1. The van der Waals surface area contributed by atoms with Crippen LogP contribution < -0.4 is 10.6 Å². The molecule has 1 aromatic carbocycles. The lowest BCUT2D eigenvalue weighted by molar-refractivity contribution is 0.187. The third-order valence-electron chi connectivity index (χ3n) is 6.85. The maximum Gasteiger partial charge on any atom is 0.173 e. The summed E-state index contributed by atoms with van der Waals surface area (Å²) in [4.78, 5) is 6.60. The van der Waals surface area contributed by atoms with Gasteiger partial charge in [0, 0.05) is 42.2 Å². The molecule has 0 radical (unpaired) electrons. The van der Waals surface area contributed by atoms with Crippen LogP contribution in [0.4, 0.5) is 10.2 Å². The van der Waals surface area contributed by atoms with Crippen LogP contribution in [0.25, 0.3) is 5.57 Å². The molecule has 3 N–H and O–H groups in total. The number of aromatic nitrogens is 3. The number of pyridine rings is 1. The van der Waals surface area contributed by atoms with Crippen LogP contribution in [0.3, 0.4) is 0 Å². The highest BCUT2D eigenvalue weighted by atomic mass is 19.1. The lowest BCUT2D eigenvalue weighted by atomic mass is 9.73. The molecular formula is C24H26FN5. The van der Waals surface area contributed by atoms with Crippen LogP contribution in [0, 0.1) is 18.2 Å². The molecule has 0 amide bonds. The Labute approximate surface area is 175 Å². The maximum atomic E-state index is 15.5. The van der Waals surface area contributed by atoms with Crippen molar-refractivity contribution in [2.75, 3.05) is 18.0 Å². The smallest absolute Gasteiger partial charge is 0.173 e. The lowest BCUT2D eigenvalue weighted by Gasteiger charge is -2.42. The van der Waals surface area contributed by atoms with E-state index in [4.69, 9.17) is 5.73 Å². The lowest BCUT2D eigenvalue weighted by Crippen LogP contribution is -2.45. The van der Waals surface area contributed by atoms with Gasteiger partial charge in [0.25, 0.3) is 0 Å². The van der Waals surface area contributed by atoms with Gasteiger partial charge in [-0.2, -0.15) is 5.10 Å². The number of rotatable bonds is 3. The van der Waals surface area contributed by atoms with Crippen molar-refractivity contribution in [3.05, 3.63) is 83.1 Å². The van der Waals surface area contributed by atoms with Crippen LogP contribution >= 0.6 is 0 Å². The van der Waals surface area contributed by atoms with Gasteiger partial charge in [-0.1, -0.05) is 30.8 Å². The summed E-state index contributed by atoms with van der Waals surface area (Å²) in [5.41, 5.74) is 11.8. The zero-order chi connectivity index (χ0) is 20.9. The van der Waals surface area contributed by atoms with Crippen LogP contribution in [0.1, 0.15) is 47.0 Å². The monoisotopic (exact) mass is 403 g/mol. The molecule has 5 nitrogen and oxygen atoms in total. The third-order valence-corrected chi connectivity index (χ3v) is 6.85. The Morgan fingerprint density at radius 2 is 2.03 bits per heavy atom. The van der Waals surface area contributed by atoms with Crippen molar-refractivity contribution in [2.45, 2.75) is 32.2 Å². The van der Waals surface area contributed by atoms with E-state index in [1.54, 1.807) is 18.3 Å². The molecule has 2 aliphatic rings. The molecule has 1 fully saturated rings. The number of anilines is 1. The number of halogens is 1. The van der Waals surface area contributed by atoms with Gasteiger partial charge in [0.1, 0.15) is 0 Å². The Kier molecular flexibility index (Phi) is 4.47. The molecule has 5 rings (SSSR count). The summed E-state index contributed by atoms with van der Waals surface area (Å²) >= 11 is 0. The summed E-state index contributed by atoms with van der Waals surface area (Å²) in [5.74, 6) is 0.0733. The minimum Gasteiger partial charge on any atom is -0.354 e. The van der Waals surface area contributed by atoms with E-state index in [-0.39, 0.29) is 17.3 Å². The molecule has 1 aliphatic heterocycles. The number of hydrogen-bond acceptors (Lipinski definition) is 4. The Balaban J connectivity index is 1.40. The predicted octanol–water partition coefficient (Wildman–Crippen LogP) is 4.16. The molecule has 6 heteroatoms. The fourth-order valence-corrected chi connectivity index (χ4v) is 5.11. The van der Waals surface area contributed by atoms with E-state index in [9.17, 15) is 0 Å². The average Bonchev–Trinajstić information content (AvgIpc) is 3.38. The van der Waals surface area contributed by atoms with Gasteiger partial charge in [-0.15, -0.1) is 0 Å². The van der Waals surface area contributed by atoms with E-state index in [1.807, 2.05) is 6.92 Å². The van der Waals surface area contributed by atoms with E-state index < -0.39 is 0 Å². The van der Waals surface area contributed by atoms with Gasteiger partial charge in [-0.3, -0.25) is 5.10 Å². The van der Waals surface area contributed by atoms with E-state index in [2.05, 4.69) is 50.9 Å². The van der Waals surface area contributed by atoms with Gasteiger partial charge in [0.2, 0.25) is 0 Å². The minimum absolute atomic E-state index is 0.0427. The van der Waals surface area contributed by atoms with E-state index in [0.717, 1.165) is 38.0 Å². The second-order valence-corrected chi connectivity index (χ2v) is 8.59. The van der Waals surface area contributed by atoms with Gasteiger partial charge < -0.3 is 10.6 Å². The Bertz CT molecular complexity index is 1100. The second kappa shape index (κ2) is 7.06. The maximum absolute atomic E-state index is 15.5. The molecule has 30 heavy (non-hydrogen) atoms. The Morgan fingerprint density at radius 3 is 2.73 bits per heavy atom. The molecule has 0 unspecified atom stereocenters. The van der Waals surface area contributed by atoms with Crippen molar-refractivity contribution in [3.8, 4) is 0 Å². The van der Waals surface area contributed by atoms with E-state index >= 15 is 4.39 Å². The van der Waals surface area contributed by atoms with Crippen molar-refractivity contribution in [1.82, 2.24) is 15.2 Å². The molecular weight excluding hydrogens is 377 g/mol. The van der Waals surface area contributed by atoms with Crippen LogP contribution in [-0.4, -0.2) is 28.3 Å². The number of benzene rings is 1. The molecule has 1 atom stereocenters. The second-order valence-electron chi connectivity index (χ2n) is 8.59. The highest BCUT2D eigenvalue weighted by molar-refractivity contribution is 5.78. The molecule has 1 aliphatic carbocycles. The van der Waals surface area contributed by atoms with Crippen molar-refractivity contribution >= 4 is 11.4 Å². The van der Waals surface area contributed by atoms with Crippen LogP contribution in [0.5, 0.6) is 0 Å². The first-order valence-corrected chi connectivity index (χ1v) is 10.4. The molecule has 1 saturated heterocycles. The summed E-state index contributed by atoms with van der Waals surface area (Å²) in [7, 11) is 0. The summed E-state index contributed by atoms with van der Waals surface area (Å²) in [6.45, 7) is 7.43. The highest BCUT2D eigenvalue weighted by Gasteiger charge is 2.46. The quantitative estimate of drug-likeness (QED) is 0.689. The number of aromatic amines is 1. The fourth-order valence-electron chi connectivity index (χ4n) is 5.11. The van der Waals surface area contributed by atoms with Gasteiger partial charge in [-0.25, -0.2) is 9.37 Å². The number of nitrogens with zero attached hydrogens (tertiary/aromatic N) is 3. The number of nitrogens with one attached hydrogen (secondary N) is 1. The number of fused-ring (bicyclic) bond motifs is 1. The highest BCUT2D eigenvalue weighted by Crippen LogP contribution is 2.51. The first-order chi connectivity index (χ1) is 14.5. The van der Waals surface area contributed by atoms with Crippen LogP contribution in [-0.2, 0) is 6.42 Å². The largest absolute Gasteiger partial charge is 0.354 e. The van der Waals surface area contributed by atoms with Crippen LogP contribution in [0.2, 0.25) is 0 Å². The minimum atomic E-state index is -0.330. The normalized spacial score (nSPS) is 19.8. The zero-order valence-electron chi connectivity index (χ0n) is 17.2. The predicted molar refractivity (Wildman–Crippen MR) is 117 cm³/mol. The molecule has 154 valence electrons.